The van der Waals surface area contributed by atoms with Gasteiger partial charge in [0.15, 0.2) is 0 Å². The summed E-state index contributed by atoms with van der Waals surface area (Å²) in [6.45, 7) is 1.14. The van der Waals surface area contributed by atoms with Gasteiger partial charge >= 0.3 is 17.8 Å². The van der Waals surface area contributed by atoms with Gasteiger partial charge in [-0.3, -0.25) is 0 Å². The van der Waals surface area contributed by atoms with Gasteiger partial charge in [0, 0.05) is 0 Å². The molecule has 23 heavy (non-hydrogen) atoms. The molecule has 0 saturated carbocycles. The highest BCUT2D eigenvalue weighted by atomic mass is 32.2. The molecule has 1 aromatic rings. The van der Waals surface area contributed by atoms with Crippen LogP contribution in [0.15, 0.2) is 17.0 Å². The number of ether oxygens (including phenoxy) is 2. The first-order chi connectivity index (χ1) is 10.5. The number of esters is 1. The summed E-state index contributed by atoms with van der Waals surface area (Å²) in [6.07, 6.45) is -5.30. The summed E-state index contributed by atoms with van der Waals surface area (Å²) in [5.74, 6) is -2.61. The van der Waals surface area contributed by atoms with Crippen molar-refractivity contribution in [3.05, 3.63) is 23.3 Å². The summed E-state index contributed by atoms with van der Waals surface area (Å²) in [5.41, 5.74) is -6.31. The smallest absolute Gasteiger partial charge is 0.462 e. The van der Waals surface area contributed by atoms with E-state index in [4.69, 9.17) is 5.26 Å². The maximum absolute atomic E-state index is 12.6. The van der Waals surface area contributed by atoms with Crippen LogP contribution in [0.3, 0.4) is 0 Å². The molecule has 0 spiro atoms. The molecule has 0 saturated heterocycles. The molecule has 0 aliphatic carbocycles. The Labute approximate surface area is 130 Å². The molecule has 0 fully saturated rings. The van der Waals surface area contributed by atoms with Gasteiger partial charge in [-0.15, -0.1) is 13.2 Å². The maximum atomic E-state index is 12.6. The van der Waals surface area contributed by atoms with Crippen molar-refractivity contribution in [3.63, 3.8) is 0 Å². The number of carbonyl (C=O) groups excluding carboxylic acids is 1. The third kappa shape index (κ3) is 5.90. The highest BCUT2D eigenvalue weighted by Gasteiger charge is 2.38. The van der Waals surface area contributed by atoms with Gasteiger partial charge in [-0.05, 0) is 30.8 Å². The SMILES string of the molecule is CCOC(=O)c1cc(C#N)cc(OC(F)(F)F)c1SC(F)(F)F. The van der Waals surface area contributed by atoms with Crippen molar-refractivity contribution in [2.45, 2.75) is 23.7 Å². The van der Waals surface area contributed by atoms with Gasteiger partial charge in [-0.1, -0.05) is 0 Å². The summed E-state index contributed by atoms with van der Waals surface area (Å²) in [4.78, 5) is 10.6. The van der Waals surface area contributed by atoms with Gasteiger partial charge in [0.05, 0.1) is 28.7 Å². The molecule has 0 bridgehead atoms. The fraction of sp³-hybridized carbons (Fsp3) is 0.333. The van der Waals surface area contributed by atoms with Crippen molar-refractivity contribution in [2.75, 3.05) is 6.61 Å². The average Bonchev–Trinajstić information content (AvgIpc) is 2.37. The molecule has 0 unspecified atom stereocenters. The lowest BCUT2D eigenvalue weighted by atomic mass is 10.1. The van der Waals surface area contributed by atoms with E-state index in [9.17, 15) is 31.1 Å². The van der Waals surface area contributed by atoms with Crippen LogP contribution in [0, 0.1) is 11.3 Å². The average molecular weight is 359 g/mol. The maximum Gasteiger partial charge on any atom is 0.573 e. The molecule has 0 radical (unpaired) electrons. The zero-order valence-electron chi connectivity index (χ0n) is 11.2. The minimum Gasteiger partial charge on any atom is -0.462 e. The Bertz CT molecular complexity index is 635. The van der Waals surface area contributed by atoms with Crippen molar-refractivity contribution in [2.24, 2.45) is 0 Å². The molecule has 1 rings (SSSR count). The van der Waals surface area contributed by atoms with Crippen LogP contribution in [-0.2, 0) is 4.74 Å². The number of hydrogen-bond acceptors (Lipinski definition) is 5. The molecule has 0 heterocycles. The summed E-state index contributed by atoms with van der Waals surface area (Å²) in [7, 11) is 0. The zero-order valence-corrected chi connectivity index (χ0v) is 12.0. The van der Waals surface area contributed by atoms with Gasteiger partial charge in [-0.2, -0.15) is 18.4 Å². The van der Waals surface area contributed by atoms with Crippen LogP contribution in [0.5, 0.6) is 5.75 Å². The van der Waals surface area contributed by atoms with E-state index in [0.29, 0.717) is 12.1 Å². The summed E-state index contributed by atoms with van der Waals surface area (Å²) in [5, 5.41) is 8.75. The first-order valence-electron chi connectivity index (χ1n) is 5.73. The number of hydrogen-bond donors (Lipinski definition) is 0. The number of alkyl halides is 6. The van der Waals surface area contributed by atoms with Crippen LogP contribution in [0.1, 0.15) is 22.8 Å². The zero-order chi connectivity index (χ0) is 17.8. The Morgan fingerprint density at radius 1 is 1.26 bits per heavy atom. The first kappa shape index (κ1) is 19.0. The van der Waals surface area contributed by atoms with E-state index in [0.717, 1.165) is 0 Å². The van der Waals surface area contributed by atoms with Crippen LogP contribution in [0.2, 0.25) is 0 Å². The highest BCUT2D eigenvalue weighted by Crippen LogP contribution is 2.45. The lowest BCUT2D eigenvalue weighted by Crippen LogP contribution is -2.19. The van der Waals surface area contributed by atoms with E-state index in [2.05, 4.69) is 9.47 Å². The van der Waals surface area contributed by atoms with Gasteiger partial charge < -0.3 is 9.47 Å². The third-order valence-corrected chi connectivity index (χ3v) is 2.98. The van der Waals surface area contributed by atoms with E-state index >= 15 is 0 Å². The van der Waals surface area contributed by atoms with E-state index in [1.54, 1.807) is 0 Å². The summed E-state index contributed by atoms with van der Waals surface area (Å²) < 4.78 is 82.8. The van der Waals surface area contributed by atoms with Crippen molar-refractivity contribution in [1.82, 2.24) is 0 Å². The molecule has 0 atom stereocenters. The van der Waals surface area contributed by atoms with Crippen molar-refractivity contribution in [3.8, 4) is 11.8 Å². The molecule has 0 aliphatic rings. The molecule has 0 N–H and O–H groups in total. The van der Waals surface area contributed by atoms with Crippen LogP contribution in [0.4, 0.5) is 26.3 Å². The highest BCUT2D eigenvalue weighted by molar-refractivity contribution is 8.00. The van der Waals surface area contributed by atoms with Gasteiger partial charge in [0.25, 0.3) is 0 Å². The number of halogens is 6. The van der Waals surface area contributed by atoms with Gasteiger partial charge in [0.1, 0.15) is 5.75 Å². The molecule has 126 valence electrons. The Morgan fingerprint density at radius 2 is 1.87 bits per heavy atom. The van der Waals surface area contributed by atoms with Crippen LogP contribution >= 0.6 is 11.8 Å². The van der Waals surface area contributed by atoms with E-state index < -0.39 is 51.4 Å². The van der Waals surface area contributed by atoms with Crippen molar-refractivity contribution >= 4 is 17.7 Å². The first-order valence-corrected chi connectivity index (χ1v) is 6.55. The standard InChI is InChI=1S/C12H7F6NO3S/c1-2-21-10(20)7-3-6(5-19)4-8(22-11(13,14)15)9(7)23-12(16,17)18/h3-4H,2H2,1H3. The van der Waals surface area contributed by atoms with Crippen molar-refractivity contribution < 1.29 is 40.6 Å². The number of nitrogens with zero attached hydrogens (tertiary/aromatic N) is 1. The van der Waals surface area contributed by atoms with Crippen LogP contribution in [-0.4, -0.2) is 24.4 Å². The minimum atomic E-state index is -5.30. The Morgan fingerprint density at radius 3 is 2.30 bits per heavy atom. The minimum absolute atomic E-state index is 0.221. The van der Waals surface area contributed by atoms with Crippen LogP contribution < -0.4 is 4.74 Å². The fourth-order valence-electron chi connectivity index (χ4n) is 1.45. The molecule has 0 aliphatic heterocycles. The van der Waals surface area contributed by atoms with E-state index in [1.165, 1.54) is 13.0 Å². The third-order valence-electron chi connectivity index (χ3n) is 2.12. The van der Waals surface area contributed by atoms with Crippen molar-refractivity contribution in [1.29, 1.82) is 5.26 Å². The number of carbonyl (C=O) groups is 1. The van der Waals surface area contributed by atoms with Gasteiger partial charge in [-0.25, -0.2) is 4.79 Å². The second-order valence-electron chi connectivity index (χ2n) is 3.78. The molecule has 0 amide bonds. The molecule has 11 heteroatoms. The second-order valence-corrected chi connectivity index (χ2v) is 4.85. The number of benzene rings is 1. The largest absolute Gasteiger partial charge is 0.573 e. The summed E-state index contributed by atoms with van der Waals surface area (Å²) >= 11 is -0.967. The number of nitriles is 1. The lowest BCUT2D eigenvalue weighted by Gasteiger charge is -2.17. The monoisotopic (exact) mass is 359 g/mol. The van der Waals surface area contributed by atoms with E-state index in [-0.39, 0.29) is 6.61 Å². The molecular weight excluding hydrogens is 352 g/mol. The Balaban J connectivity index is 3.54. The quantitative estimate of drug-likeness (QED) is 0.457. The lowest BCUT2D eigenvalue weighted by molar-refractivity contribution is -0.275. The van der Waals surface area contributed by atoms with E-state index in [1.807, 2.05) is 0 Å². The van der Waals surface area contributed by atoms with Crippen LogP contribution in [0.25, 0.3) is 0 Å². The molecule has 4 nitrogen and oxygen atoms in total. The fourth-order valence-corrected chi connectivity index (χ4v) is 2.13. The number of thioether (sulfide) groups is 1. The topological polar surface area (TPSA) is 59.3 Å². The predicted octanol–water partition coefficient (Wildman–Crippen LogP) is 4.25. The second kappa shape index (κ2) is 6.99. The molecule has 0 aromatic heterocycles. The Hall–Kier alpha value is -2.09. The molecule has 1 aromatic carbocycles. The van der Waals surface area contributed by atoms with Gasteiger partial charge in [0.2, 0.25) is 0 Å². The summed E-state index contributed by atoms with van der Waals surface area (Å²) in [6, 6.07) is 2.60. The molecular formula is C12H7F6NO3S. The Kier molecular flexibility index (Phi) is 5.76. The normalized spacial score (nSPS) is 11.7. The predicted molar refractivity (Wildman–Crippen MR) is 65.7 cm³/mol. The number of rotatable bonds is 4.